The average molecular weight is 293 g/mol. The van der Waals surface area contributed by atoms with E-state index in [2.05, 4.69) is 51.6 Å². The largest absolute Gasteiger partial charge is 0.464 e. The fourth-order valence-electron chi connectivity index (χ4n) is 1.70. The Hall–Kier alpha value is -1.89. The van der Waals surface area contributed by atoms with Gasteiger partial charge >= 0.3 is 6.01 Å². The normalized spacial score (nSPS) is 11.3. The van der Waals surface area contributed by atoms with Gasteiger partial charge in [-0.2, -0.15) is 15.0 Å². The Kier molecular flexibility index (Phi) is 4.39. The molecule has 2 aromatic rings. The Morgan fingerprint density at radius 1 is 1.35 bits per heavy atom. The molecule has 0 fully saturated rings. The maximum atomic E-state index is 5.64. The number of hydrogen-bond donors (Lipinski definition) is 2. The van der Waals surface area contributed by atoms with Gasteiger partial charge in [0, 0.05) is 16.8 Å². The highest BCUT2D eigenvalue weighted by atomic mass is 32.1. The van der Waals surface area contributed by atoms with Crippen LogP contribution < -0.4 is 15.8 Å². The highest BCUT2D eigenvalue weighted by Crippen LogP contribution is 2.27. The van der Waals surface area contributed by atoms with Gasteiger partial charge in [-0.05, 0) is 18.4 Å². The minimum absolute atomic E-state index is 0.0126. The minimum atomic E-state index is -0.0126. The van der Waals surface area contributed by atoms with E-state index in [9.17, 15) is 0 Å². The molecule has 0 amide bonds. The minimum Gasteiger partial charge on any atom is -0.464 e. The summed E-state index contributed by atoms with van der Waals surface area (Å²) in [5.74, 6) is 0.588. The van der Waals surface area contributed by atoms with Crippen molar-refractivity contribution in [2.24, 2.45) is 0 Å². The number of nitrogen functional groups attached to an aromatic ring is 1. The maximum absolute atomic E-state index is 5.64. The van der Waals surface area contributed by atoms with Crippen LogP contribution in [0.2, 0.25) is 0 Å². The van der Waals surface area contributed by atoms with Crippen molar-refractivity contribution in [1.82, 2.24) is 15.0 Å². The van der Waals surface area contributed by atoms with Crippen molar-refractivity contribution in [2.45, 2.75) is 26.2 Å². The molecular weight excluding hydrogens is 274 g/mol. The topological polar surface area (TPSA) is 86.0 Å². The first-order valence-corrected chi connectivity index (χ1v) is 7.31. The third kappa shape index (κ3) is 3.57. The van der Waals surface area contributed by atoms with Crippen molar-refractivity contribution in [3.8, 4) is 6.01 Å². The third-order valence-electron chi connectivity index (χ3n) is 2.78. The highest BCUT2D eigenvalue weighted by Gasteiger charge is 2.22. The number of ether oxygens (including phenoxy) is 1. The summed E-state index contributed by atoms with van der Waals surface area (Å²) in [4.78, 5) is 13.5. The van der Waals surface area contributed by atoms with E-state index in [1.165, 1.54) is 4.88 Å². The molecule has 0 aromatic carbocycles. The van der Waals surface area contributed by atoms with Crippen LogP contribution in [0, 0.1) is 0 Å². The standard InChI is InChI=1S/C13H19N5OS/c1-4-19-12-17-10(14)16-11(18-12)15-8-13(2,3)9-6-5-7-20-9/h5-7H,4,8H2,1-3H3,(H3,14,15,16,17,18). The summed E-state index contributed by atoms with van der Waals surface area (Å²) in [5.41, 5.74) is 5.63. The van der Waals surface area contributed by atoms with Crippen LogP contribution in [-0.2, 0) is 5.41 Å². The molecule has 7 heteroatoms. The van der Waals surface area contributed by atoms with Gasteiger partial charge in [-0.3, -0.25) is 0 Å². The number of nitrogens with zero attached hydrogens (tertiary/aromatic N) is 3. The van der Waals surface area contributed by atoms with Gasteiger partial charge in [0.15, 0.2) is 0 Å². The second-order valence-electron chi connectivity index (χ2n) is 4.95. The molecule has 0 atom stereocenters. The molecule has 0 spiro atoms. The Morgan fingerprint density at radius 2 is 2.15 bits per heavy atom. The van der Waals surface area contributed by atoms with Gasteiger partial charge in [0.05, 0.1) is 6.61 Å². The van der Waals surface area contributed by atoms with Crippen molar-refractivity contribution in [3.63, 3.8) is 0 Å². The lowest BCUT2D eigenvalue weighted by atomic mass is 9.91. The summed E-state index contributed by atoms with van der Waals surface area (Å²) in [6.07, 6.45) is 0. The molecule has 0 radical (unpaired) electrons. The van der Waals surface area contributed by atoms with Crippen LogP contribution in [0.15, 0.2) is 17.5 Å². The fraction of sp³-hybridized carbons (Fsp3) is 0.462. The molecule has 0 bridgehead atoms. The second kappa shape index (κ2) is 6.04. The number of nitrogens with two attached hydrogens (primary N) is 1. The molecule has 108 valence electrons. The van der Waals surface area contributed by atoms with Crippen LogP contribution in [0.3, 0.4) is 0 Å². The smallest absolute Gasteiger partial charge is 0.323 e. The van der Waals surface area contributed by atoms with E-state index >= 15 is 0 Å². The van der Waals surface area contributed by atoms with E-state index < -0.39 is 0 Å². The van der Waals surface area contributed by atoms with Crippen LogP contribution in [0.5, 0.6) is 6.01 Å². The first-order valence-electron chi connectivity index (χ1n) is 6.43. The summed E-state index contributed by atoms with van der Waals surface area (Å²) < 4.78 is 5.25. The molecule has 6 nitrogen and oxygen atoms in total. The summed E-state index contributed by atoms with van der Waals surface area (Å²) in [6, 6.07) is 4.42. The van der Waals surface area contributed by atoms with Gasteiger partial charge < -0.3 is 15.8 Å². The molecule has 20 heavy (non-hydrogen) atoms. The second-order valence-corrected chi connectivity index (χ2v) is 5.90. The Bertz CT molecular complexity index is 556. The van der Waals surface area contributed by atoms with E-state index in [1.54, 1.807) is 11.3 Å². The van der Waals surface area contributed by atoms with E-state index in [0.717, 1.165) is 0 Å². The molecule has 0 saturated carbocycles. The number of anilines is 2. The molecule has 0 aliphatic heterocycles. The van der Waals surface area contributed by atoms with Crippen LogP contribution >= 0.6 is 11.3 Å². The van der Waals surface area contributed by atoms with Crippen molar-refractivity contribution in [1.29, 1.82) is 0 Å². The average Bonchev–Trinajstić information content (AvgIpc) is 2.91. The highest BCUT2D eigenvalue weighted by molar-refractivity contribution is 7.10. The van der Waals surface area contributed by atoms with Crippen molar-refractivity contribution in [3.05, 3.63) is 22.4 Å². The van der Waals surface area contributed by atoms with Crippen molar-refractivity contribution >= 4 is 23.2 Å². The summed E-state index contributed by atoms with van der Waals surface area (Å²) in [7, 11) is 0. The molecule has 2 aromatic heterocycles. The molecule has 2 heterocycles. The van der Waals surface area contributed by atoms with Gasteiger partial charge in [-0.25, -0.2) is 0 Å². The molecule has 0 aliphatic rings. The number of thiophene rings is 1. The summed E-state index contributed by atoms with van der Waals surface area (Å²) >= 11 is 1.74. The maximum Gasteiger partial charge on any atom is 0.323 e. The molecule has 0 aliphatic carbocycles. The van der Waals surface area contributed by atoms with Crippen LogP contribution in [0.4, 0.5) is 11.9 Å². The zero-order valence-electron chi connectivity index (χ0n) is 11.9. The zero-order chi connectivity index (χ0) is 14.6. The van der Waals surface area contributed by atoms with E-state index in [1.807, 2.05) is 6.92 Å². The van der Waals surface area contributed by atoms with E-state index in [-0.39, 0.29) is 17.4 Å². The number of rotatable bonds is 6. The van der Waals surface area contributed by atoms with Gasteiger partial charge in [0.1, 0.15) is 0 Å². The molecular formula is C13H19N5OS. The number of aromatic nitrogens is 3. The number of hydrogen-bond acceptors (Lipinski definition) is 7. The number of nitrogens with one attached hydrogen (secondary N) is 1. The summed E-state index contributed by atoms with van der Waals surface area (Å²) in [6.45, 7) is 7.39. The zero-order valence-corrected chi connectivity index (χ0v) is 12.7. The van der Waals surface area contributed by atoms with Crippen LogP contribution in [0.1, 0.15) is 25.6 Å². The first-order chi connectivity index (χ1) is 9.51. The SMILES string of the molecule is CCOc1nc(N)nc(NCC(C)(C)c2cccs2)n1. The predicted octanol–water partition coefficient (Wildman–Crippen LogP) is 2.30. The molecule has 2 rings (SSSR count). The van der Waals surface area contributed by atoms with Gasteiger partial charge in [0.25, 0.3) is 0 Å². The van der Waals surface area contributed by atoms with E-state index in [4.69, 9.17) is 10.5 Å². The predicted molar refractivity (Wildman–Crippen MR) is 81.2 cm³/mol. The Morgan fingerprint density at radius 3 is 2.80 bits per heavy atom. The molecule has 3 N–H and O–H groups in total. The van der Waals surface area contributed by atoms with Gasteiger partial charge in [-0.1, -0.05) is 19.9 Å². The first kappa shape index (κ1) is 14.5. The van der Waals surface area contributed by atoms with Crippen molar-refractivity contribution < 1.29 is 4.74 Å². The third-order valence-corrected chi connectivity index (χ3v) is 4.02. The fourth-order valence-corrected chi connectivity index (χ4v) is 2.55. The van der Waals surface area contributed by atoms with Crippen LogP contribution in [-0.4, -0.2) is 28.1 Å². The summed E-state index contributed by atoms with van der Waals surface area (Å²) in [5, 5.41) is 5.27. The Balaban J connectivity index is 2.07. The lowest BCUT2D eigenvalue weighted by molar-refractivity contribution is 0.312. The quantitative estimate of drug-likeness (QED) is 0.850. The van der Waals surface area contributed by atoms with E-state index in [0.29, 0.717) is 19.1 Å². The lowest BCUT2D eigenvalue weighted by Gasteiger charge is -2.23. The van der Waals surface area contributed by atoms with Crippen LogP contribution in [0.25, 0.3) is 0 Å². The monoisotopic (exact) mass is 293 g/mol. The lowest BCUT2D eigenvalue weighted by Crippen LogP contribution is -2.27. The van der Waals surface area contributed by atoms with Gasteiger partial charge in [-0.15, -0.1) is 11.3 Å². The Labute approximate surface area is 122 Å². The van der Waals surface area contributed by atoms with Crippen molar-refractivity contribution in [2.75, 3.05) is 24.2 Å². The van der Waals surface area contributed by atoms with Gasteiger partial charge in [0.2, 0.25) is 11.9 Å². The molecule has 0 unspecified atom stereocenters. The molecule has 0 saturated heterocycles.